The van der Waals surface area contributed by atoms with Crippen LogP contribution >= 0.6 is 0 Å². The van der Waals surface area contributed by atoms with Crippen molar-refractivity contribution < 1.29 is 14.3 Å². The third-order valence-corrected chi connectivity index (χ3v) is 2.60. The molecule has 5 nitrogen and oxygen atoms in total. The summed E-state index contributed by atoms with van der Waals surface area (Å²) >= 11 is 0. The highest BCUT2D eigenvalue weighted by Gasteiger charge is 2.36. The maximum atomic E-state index is 11.6. The molecule has 0 radical (unpaired) electrons. The van der Waals surface area contributed by atoms with Crippen molar-refractivity contribution in [1.29, 1.82) is 0 Å². The Morgan fingerprint density at radius 2 is 2.13 bits per heavy atom. The average molecular weight is 216 g/mol. The number of nitrogens with two attached hydrogens (primary N) is 1. The van der Waals surface area contributed by atoms with E-state index in [1.54, 1.807) is 18.9 Å². The van der Waals surface area contributed by atoms with E-state index in [4.69, 9.17) is 15.2 Å². The Bertz CT molecular complexity index is 221. The van der Waals surface area contributed by atoms with Gasteiger partial charge < -0.3 is 20.1 Å². The summed E-state index contributed by atoms with van der Waals surface area (Å²) in [7, 11) is 1.64. The highest BCUT2D eigenvalue weighted by atomic mass is 16.5. The van der Waals surface area contributed by atoms with E-state index < -0.39 is 6.04 Å². The van der Waals surface area contributed by atoms with E-state index in [1.807, 2.05) is 6.92 Å². The molecule has 0 aromatic carbocycles. The standard InChI is InChI=1S/C10H20N2O3/c1-4-15-9-6-12(5-8(9)14-3)10(13)7(2)11/h7-9H,4-6,11H2,1-3H3/t7-,8+,9+/m0/s1. The van der Waals surface area contributed by atoms with E-state index in [9.17, 15) is 4.79 Å². The van der Waals surface area contributed by atoms with Crippen molar-refractivity contribution in [3.8, 4) is 0 Å². The predicted octanol–water partition coefficient (Wildman–Crippen LogP) is -0.404. The van der Waals surface area contributed by atoms with E-state index in [2.05, 4.69) is 0 Å². The van der Waals surface area contributed by atoms with E-state index in [-0.39, 0.29) is 18.1 Å². The van der Waals surface area contributed by atoms with Gasteiger partial charge in [0.2, 0.25) is 5.91 Å². The second kappa shape index (κ2) is 5.44. The second-order valence-electron chi connectivity index (χ2n) is 3.80. The van der Waals surface area contributed by atoms with Crippen molar-refractivity contribution >= 4 is 5.91 Å². The smallest absolute Gasteiger partial charge is 0.239 e. The van der Waals surface area contributed by atoms with Gasteiger partial charge in [-0.3, -0.25) is 4.79 Å². The molecule has 5 heteroatoms. The van der Waals surface area contributed by atoms with E-state index in [0.717, 1.165) is 0 Å². The lowest BCUT2D eigenvalue weighted by atomic mass is 10.2. The maximum absolute atomic E-state index is 11.6. The predicted molar refractivity (Wildman–Crippen MR) is 56.4 cm³/mol. The van der Waals surface area contributed by atoms with Crippen LogP contribution in [-0.2, 0) is 14.3 Å². The van der Waals surface area contributed by atoms with Gasteiger partial charge in [0.05, 0.1) is 6.04 Å². The van der Waals surface area contributed by atoms with Crippen LogP contribution in [0.5, 0.6) is 0 Å². The summed E-state index contributed by atoms with van der Waals surface area (Å²) in [4.78, 5) is 13.4. The fourth-order valence-electron chi connectivity index (χ4n) is 1.81. The number of carbonyl (C=O) groups is 1. The molecule has 0 unspecified atom stereocenters. The van der Waals surface area contributed by atoms with Crippen LogP contribution in [0.15, 0.2) is 0 Å². The molecule has 0 aromatic rings. The van der Waals surface area contributed by atoms with Gasteiger partial charge in [-0.1, -0.05) is 0 Å². The molecule has 15 heavy (non-hydrogen) atoms. The normalized spacial score (nSPS) is 28.1. The molecule has 1 aliphatic heterocycles. The second-order valence-corrected chi connectivity index (χ2v) is 3.80. The van der Waals surface area contributed by atoms with Gasteiger partial charge in [-0.2, -0.15) is 0 Å². The first kappa shape index (κ1) is 12.4. The first-order valence-corrected chi connectivity index (χ1v) is 5.28. The molecular weight excluding hydrogens is 196 g/mol. The number of hydrogen-bond donors (Lipinski definition) is 1. The molecule has 1 heterocycles. The Morgan fingerprint density at radius 3 is 2.60 bits per heavy atom. The molecule has 0 bridgehead atoms. The summed E-state index contributed by atoms with van der Waals surface area (Å²) in [6.07, 6.45) is -0.0599. The van der Waals surface area contributed by atoms with Gasteiger partial charge in [-0.25, -0.2) is 0 Å². The van der Waals surface area contributed by atoms with Crippen molar-refractivity contribution in [3.05, 3.63) is 0 Å². The Kier molecular flexibility index (Phi) is 4.50. The number of amides is 1. The van der Waals surface area contributed by atoms with Crippen LogP contribution in [0, 0.1) is 0 Å². The van der Waals surface area contributed by atoms with Crippen molar-refractivity contribution in [3.63, 3.8) is 0 Å². The molecule has 2 N–H and O–H groups in total. The van der Waals surface area contributed by atoms with Crippen LogP contribution in [0.2, 0.25) is 0 Å². The number of rotatable bonds is 4. The molecule has 1 fully saturated rings. The first-order valence-electron chi connectivity index (χ1n) is 5.28. The zero-order valence-corrected chi connectivity index (χ0v) is 9.60. The minimum Gasteiger partial charge on any atom is -0.377 e. The SMILES string of the molecule is CCO[C@@H]1CN(C(=O)[C@H](C)N)C[C@H]1OC. The van der Waals surface area contributed by atoms with Gasteiger partial charge in [-0.05, 0) is 13.8 Å². The number of ether oxygens (including phenoxy) is 2. The van der Waals surface area contributed by atoms with Crippen LogP contribution < -0.4 is 5.73 Å². The molecule has 1 rings (SSSR count). The summed E-state index contributed by atoms with van der Waals surface area (Å²) in [6, 6.07) is -0.456. The Labute approximate surface area is 90.5 Å². The van der Waals surface area contributed by atoms with Gasteiger partial charge in [0.15, 0.2) is 0 Å². The lowest BCUT2D eigenvalue weighted by Crippen LogP contribution is -2.41. The number of nitrogens with zero attached hydrogens (tertiary/aromatic N) is 1. The molecule has 0 saturated carbocycles. The molecule has 0 aromatic heterocycles. The van der Waals surface area contributed by atoms with Gasteiger partial charge in [0.1, 0.15) is 12.2 Å². The van der Waals surface area contributed by atoms with Gasteiger partial charge >= 0.3 is 0 Å². The van der Waals surface area contributed by atoms with E-state index in [1.165, 1.54) is 0 Å². The average Bonchev–Trinajstić information content (AvgIpc) is 2.60. The fourth-order valence-corrected chi connectivity index (χ4v) is 1.81. The van der Waals surface area contributed by atoms with Crippen molar-refractivity contribution in [2.75, 3.05) is 26.8 Å². The first-order chi connectivity index (χ1) is 7.10. The highest BCUT2D eigenvalue weighted by molar-refractivity contribution is 5.81. The number of carbonyl (C=O) groups excluding carboxylic acids is 1. The topological polar surface area (TPSA) is 64.8 Å². The number of methoxy groups -OCH3 is 1. The molecule has 88 valence electrons. The monoisotopic (exact) mass is 216 g/mol. The Hall–Kier alpha value is -0.650. The van der Waals surface area contributed by atoms with Crippen molar-refractivity contribution in [1.82, 2.24) is 4.90 Å². The molecule has 1 saturated heterocycles. The zero-order valence-electron chi connectivity index (χ0n) is 9.60. The molecule has 1 aliphatic rings. The number of hydrogen-bond acceptors (Lipinski definition) is 4. The Balaban J connectivity index is 2.56. The summed E-state index contributed by atoms with van der Waals surface area (Å²) in [6.45, 7) is 5.40. The fraction of sp³-hybridized carbons (Fsp3) is 0.900. The lowest BCUT2D eigenvalue weighted by Gasteiger charge is -2.17. The summed E-state index contributed by atoms with van der Waals surface area (Å²) in [5.74, 6) is -0.0424. The quantitative estimate of drug-likeness (QED) is 0.694. The van der Waals surface area contributed by atoms with Gasteiger partial charge in [0.25, 0.3) is 0 Å². The van der Waals surface area contributed by atoms with Crippen LogP contribution in [0.1, 0.15) is 13.8 Å². The third kappa shape index (κ3) is 2.90. The van der Waals surface area contributed by atoms with Crippen molar-refractivity contribution in [2.24, 2.45) is 5.73 Å². The largest absolute Gasteiger partial charge is 0.377 e. The molecular formula is C10H20N2O3. The van der Waals surface area contributed by atoms with Crippen LogP contribution in [0.25, 0.3) is 0 Å². The minimum absolute atomic E-state index is 0.0253. The van der Waals surface area contributed by atoms with E-state index >= 15 is 0 Å². The number of likely N-dealkylation sites (tertiary alicyclic amines) is 1. The zero-order chi connectivity index (χ0) is 11.4. The molecule has 0 aliphatic carbocycles. The Morgan fingerprint density at radius 1 is 1.53 bits per heavy atom. The maximum Gasteiger partial charge on any atom is 0.239 e. The molecule has 3 atom stereocenters. The molecule has 0 spiro atoms. The summed E-state index contributed by atoms with van der Waals surface area (Å²) in [5.41, 5.74) is 5.55. The summed E-state index contributed by atoms with van der Waals surface area (Å²) in [5, 5.41) is 0. The van der Waals surface area contributed by atoms with Gasteiger partial charge in [-0.15, -0.1) is 0 Å². The third-order valence-electron chi connectivity index (χ3n) is 2.60. The minimum atomic E-state index is -0.456. The summed E-state index contributed by atoms with van der Waals surface area (Å²) < 4.78 is 10.8. The van der Waals surface area contributed by atoms with Crippen molar-refractivity contribution in [2.45, 2.75) is 32.1 Å². The van der Waals surface area contributed by atoms with Gasteiger partial charge in [0, 0.05) is 26.8 Å². The molecule has 1 amide bonds. The van der Waals surface area contributed by atoms with E-state index in [0.29, 0.717) is 19.7 Å². The van der Waals surface area contributed by atoms with Crippen LogP contribution in [0.4, 0.5) is 0 Å². The van der Waals surface area contributed by atoms with Crippen LogP contribution in [0.3, 0.4) is 0 Å². The highest BCUT2D eigenvalue weighted by Crippen LogP contribution is 2.16. The van der Waals surface area contributed by atoms with Crippen LogP contribution in [-0.4, -0.2) is 55.9 Å². The lowest BCUT2D eigenvalue weighted by molar-refractivity contribution is -0.131.